The Morgan fingerprint density at radius 2 is 1.37 bits per heavy atom. The third-order valence-electron chi connectivity index (χ3n) is 4.33. The summed E-state index contributed by atoms with van der Waals surface area (Å²) in [5.74, 6) is 5.43. The summed E-state index contributed by atoms with van der Waals surface area (Å²) < 4.78 is 27.0. The molecule has 0 radical (unpaired) electrons. The number of fused-ring (bicyclic) bond motifs is 1. The van der Waals surface area contributed by atoms with Gasteiger partial charge in [0.05, 0.1) is 5.56 Å². The number of nitrogens with zero attached hydrogens (tertiary/aromatic N) is 1. The molecular formula is C22H15NO3S. The molecule has 0 saturated heterocycles. The molecule has 4 nitrogen and oxygen atoms in total. The van der Waals surface area contributed by atoms with Crippen LogP contribution in [0.4, 0.5) is 0 Å². The van der Waals surface area contributed by atoms with Crippen LogP contribution in [-0.4, -0.2) is 18.6 Å². The molecule has 1 amide bonds. The van der Waals surface area contributed by atoms with Gasteiger partial charge in [-0.1, -0.05) is 72.5 Å². The first-order valence-corrected chi connectivity index (χ1v) is 9.82. The van der Waals surface area contributed by atoms with E-state index in [4.69, 9.17) is 0 Å². The van der Waals surface area contributed by atoms with Crippen molar-refractivity contribution < 1.29 is 13.2 Å². The Kier molecular flexibility index (Phi) is 4.27. The van der Waals surface area contributed by atoms with Gasteiger partial charge in [0.2, 0.25) is 0 Å². The largest absolute Gasteiger partial charge is 0.270 e. The van der Waals surface area contributed by atoms with Gasteiger partial charge >= 0.3 is 0 Å². The molecule has 0 aromatic heterocycles. The van der Waals surface area contributed by atoms with Crippen molar-refractivity contribution in [1.82, 2.24) is 4.31 Å². The lowest BCUT2D eigenvalue weighted by molar-refractivity contribution is 0.0852. The third kappa shape index (κ3) is 3.01. The summed E-state index contributed by atoms with van der Waals surface area (Å²) in [5.41, 5.74) is 1.57. The van der Waals surface area contributed by atoms with Gasteiger partial charge in [-0.15, -0.1) is 0 Å². The highest BCUT2D eigenvalue weighted by Gasteiger charge is 2.45. The standard InChI is InChI=1S/C22H15NO3S/c24-22-19-13-7-8-14-21(19)27(25,26)23(22)20(18-11-5-2-6-12-18)16-15-17-9-3-1-4-10-17/h1-14,20H. The molecule has 1 aliphatic rings. The van der Waals surface area contributed by atoms with Gasteiger partial charge in [-0.3, -0.25) is 4.79 Å². The molecule has 3 aromatic rings. The van der Waals surface area contributed by atoms with Crippen LogP contribution in [0.5, 0.6) is 0 Å². The highest BCUT2D eigenvalue weighted by molar-refractivity contribution is 7.90. The topological polar surface area (TPSA) is 54.5 Å². The number of carbonyl (C=O) groups excluding carboxylic acids is 1. The van der Waals surface area contributed by atoms with E-state index < -0.39 is 22.0 Å². The van der Waals surface area contributed by atoms with Crippen LogP contribution in [0.15, 0.2) is 89.8 Å². The first-order valence-electron chi connectivity index (χ1n) is 8.38. The Hall–Kier alpha value is -3.36. The first-order chi connectivity index (χ1) is 13.1. The predicted molar refractivity (Wildman–Crippen MR) is 102 cm³/mol. The summed E-state index contributed by atoms with van der Waals surface area (Å²) in [5, 5.41) is 0. The van der Waals surface area contributed by atoms with Crippen LogP contribution in [0.1, 0.15) is 27.5 Å². The van der Waals surface area contributed by atoms with Crippen LogP contribution in [0, 0.1) is 11.8 Å². The minimum atomic E-state index is -3.97. The molecule has 132 valence electrons. The fraction of sp³-hybridized carbons (Fsp3) is 0.0455. The normalized spacial score (nSPS) is 15.6. The summed E-state index contributed by atoms with van der Waals surface area (Å²) in [6, 6.07) is 23.6. The maximum absolute atomic E-state index is 13.1. The SMILES string of the molecule is O=C1c2ccccc2S(=O)(=O)N1C(C#Cc1ccccc1)c1ccccc1. The number of sulfonamides is 1. The van der Waals surface area contributed by atoms with Crippen LogP contribution in [0.2, 0.25) is 0 Å². The van der Waals surface area contributed by atoms with E-state index in [-0.39, 0.29) is 10.5 Å². The monoisotopic (exact) mass is 373 g/mol. The zero-order valence-electron chi connectivity index (χ0n) is 14.2. The van der Waals surface area contributed by atoms with Crippen molar-refractivity contribution in [3.63, 3.8) is 0 Å². The molecule has 0 N–H and O–H groups in total. The van der Waals surface area contributed by atoms with E-state index >= 15 is 0 Å². The lowest BCUT2D eigenvalue weighted by Crippen LogP contribution is -2.33. The zero-order chi connectivity index (χ0) is 18.9. The second-order valence-corrected chi connectivity index (χ2v) is 7.83. The zero-order valence-corrected chi connectivity index (χ0v) is 15.1. The number of benzene rings is 3. The average molecular weight is 373 g/mol. The summed E-state index contributed by atoms with van der Waals surface area (Å²) in [6.07, 6.45) is 0. The number of hydrogen-bond donors (Lipinski definition) is 0. The van der Waals surface area contributed by atoms with Gasteiger partial charge in [0.15, 0.2) is 0 Å². The molecule has 0 bridgehead atoms. The molecule has 1 heterocycles. The smallest absolute Gasteiger partial charge is 0.268 e. The van der Waals surface area contributed by atoms with Crippen molar-refractivity contribution in [3.8, 4) is 11.8 Å². The molecule has 0 spiro atoms. The molecule has 3 aromatic carbocycles. The Balaban J connectivity index is 1.86. The van der Waals surface area contributed by atoms with Gasteiger partial charge in [-0.2, -0.15) is 0 Å². The molecule has 1 atom stereocenters. The summed E-state index contributed by atoms with van der Waals surface area (Å²) in [6.45, 7) is 0. The van der Waals surface area contributed by atoms with Gasteiger partial charge < -0.3 is 0 Å². The van der Waals surface area contributed by atoms with E-state index in [1.807, 2.05) is 36.4 Å². The second-order valence-electron chi connectivity index (χ2n) is 6.05. The van der Waals surface area contributed by atoms with Crippen molar-refractivity contribution in [3.05, 3.63) is 102 Å². The summed E-state index contributed by atoms with van der Waals surface area (Å²) in [7, 11) is -3.97. The Bertz CT molecular complexity index is 1160. The minimum absolute atomic E-state index is 0.0254. The summed E-state index contributed by atoms with van der Waals surface area (Å²) >= 11 is 0. The molecular weight excluding hydrogens is 358 g/mol. The molecule has 0 fully saturated rings. The van der Waals surface area contributed by atoms with E-state index in [1.165, 1.54) is 12.1 Å². The molecule has 27 heavy (non-hydrogen) atoms. The van der Waals surface area contributed by atoms with Gasteiger partial charge in [0.1, 0.15) is 10.9 Å². The van der Waals surface area contributed by atoms with Crippen molar-refractivity contribution in [2.45, 2.75) is 10.9 Å². The van der Waals surface area contributed by atoms with E-state index in [2.05, 4.69) is 11.8 Å². The average Bonchev–Trinajstić information content (AvgIpc) is 2.91. The van der Waals surface area contributed by atoms with Crippen molar-refractivity contribution in [1.29, 1.82) is 0 Å². The fourth-order valence-corrected chi connectivity index (χ4v) is 4.71. The van der Waals surface area contributed by atoms with Crippen LogP contribution in [0.3, 0.4) is 0 Å². The Morgan fingerprint density at radius 1 is 0.778 bits per heavy atom. The van der Waals surface area contributed by atoms with Crippen molar-refractivity contribution in [2.24, 2.45) is 0 Å². The van der Waals surface area contributed by atoms with Gasteiger partial charge in [0, 0.05) is 5.56 Å². The van der Waals surface area contributed by atoms with Crippen molar-refractivity contribution in [2.75, 3.05) is 0 Å². The fourth-order valence-electron chi connectivity index (χ4n) is 3.04. The van der Waals surface area contributed by atoms with E-state index in [0.29, 0.717) is 5.56 Å². The maximum atomic E-state index is 13.1. The van der Waals surface area contributed by atoms with Crippen LogP contribution in [0.25, 0.3) is 0 Å². The van der Waals surface area contributed by atoms with Gasteiger partial charge in [-0.05, 0) is 29.8 Å². The highest BCUT2D eigenvalue weighted by atomic mass is 32.2. The number of rotatable bonds is 2. The molecule has 1 aliphatic heterocycles. The number of hydrogen-bond acceptors (Lipinski definition) is 3. The predicted octanol–water partition coefficient (Wildman–Crippen LogP) is 3.62. The first kappa shape index (κ1) is 17.1. The van der Waals surface area contributed by atoms with Gasteiger partial charge in [-0.25, -0.2) is 12.7 Å². The van der Waals surface area contributed by atoms with Gasteiger partial charge in [0.25, 0.3) is 15.9 Å². The molecule has 0 aliphatic carbocycles. The van der Waals surface area contributed by atoms with Crippen molar-refractivity contribution >= 4 is 15.9 Å². The molecule has 4 rings (SSSR count). The van der Waals surface area contributed by atoms with Crippen LogP contribution >= 0.6 is 0 Å². The van der Waals surface area contributed by atoms with Crippen LogP contribution in [-0.2, 0) is 10.0 Å². The molecule has 0 saturated carbocycles. The number of carbonyl (C=O) groups is 1. The Morgan fingerprint density at radius 3 is 2.04 bits per heavy atom. The summed E-state index contributed by atoms with van der Waals surface area (Å²) in [4.78, 5) is 12.9. The molecule has 1 unspecified atom stereocenters. The lowest BCUT2D eigenvalue weighted by Gasteiger charge is -2.22. The maximum Gasteiger partial charge on any atom is 0.270 e. The number of amides is 1. The second kappa shape index (κ2) is 6.75. The van der Waals surface area contributed by atoms with E-state index in [0.717, 1.165) is 9.87 Å². The highest BCUT2D eigenvalue weighted by Crippen LogP contribution is 2.36. The van der Waals surface area contributed by atoms with E-state index in [1.54, 1.807) is 36.4 Å². The van der Waals surface area contributed by atoms with E-state index in [9.17, 15) is 13.2 Å². The minimum Gasteiger partial charge on any atom is -0.268 e. The van der Waals surface area contributed by atoms with Crippen LogP contribution < -0.4 is 0 Å². The lowest BCUT2D eigenvalue weighted by atomic mass is 10.1. The Labute approximate surface area is 158 Å². The molecule has 5 heteroatoms. The quantitative estimate of drug-likeness (QED) is 0.645. The third-order valence-corrected chi connectivity index (χ3v) is 6.14.